The maximum Gasteiger partial charge on any atom is 0.254 e. The number of rotatable bonds is 8. The van der Waals surface area contributed by atoms with Gasteiger partial charge in [-0.05, 0) is 54.7 Å². The molecule has 1 aliphatic carbocycles. The molecule has 1 heterocycles. The molecule has 176 valence electrons. The fraction of sp³-hybridized carbons (Fsp3) is 0.462. The van der Waals surface area contributed by atoms with E-state index in [1.807, 2.05) is 11.8 Å². The molecule has 0 radical (unpaired) electrons. The van der Waals surface area contributed by atoms with Crippen molar-refractivity contribution in [1.29, 1.82) is 0 Å². The molecule has 7 heteroatoms. The minimum Gasteiger partial charge on any atom is -0.390 e. The molecule has 1 fully saturated rings. The van der Waals surface area contributed by atoms with Crippen molar-refractivity contribution in [3.63, 3.8) is 0 Å². The molecule has 4 rings (SSSR count). The first-order chi connectivity index (χ1) is 16.0. The number of morpholine rings is 1. The number of nitrogens with zero attached hydrogens (tertiary/aromatic N) is 1. The van der Waals surface area contributed by atoms with E-state index in [-0.39, 0.29) is 24.4 Å². The monoisotopic (exact) mass is 451 g/mol. The Balaban J connectivity index is 1.22. The summed E-state index contributed by atoms with van der Waals surface area (Å²) in [5, 5.41) is 16.5. The van der Waals surface area contributed by atoms with Crippen LogP contribution in [0.3, 0.4) is 0 Å². The molecule has 0 unspecified atom stereocenters. The zero-order valence-corrected chi connectivity index (χ0v) is 19.1. The highest BCUT2D eigenvalue weighted by molar-refractivity contribution is 5.98. The Kier molecular flexibility index (Phi) is 7.75. The summed E-state index contributed by atoms with van der Waals surface area (Å²) in [6, 6.07) is 15.5. The van der Waals surface area contributed by atoms with Crippen LogP contribution in [-0.4, -0.2) is 72.9 Å². The van der Waals surface area contributed by atoms with Gasteiger partial charge in [0.05, 0.1) is 25.4 Å². The van der Waals surface area contributed by atoms with Crippen molar-refractivity contribution in [3.05, 3.63) is 70.8 Å². The van der Waals surface area contributed by atoms with E-state index in [1.165, 1.54) is 11.1 Å². The molecular formula is C26H33N3O4. The number of aliphatic hydroxyl groups excluding tert-OH is 1. The summed E-state index contributed by atoms with van der Waals surface area (Å²) in [7, 11) is 0. The molecule has 0 bridgehead atoms. The largest absolute Gasteiger partial charge is 0.390 e. The van der Waals surface area contributed by atoms with Crippen LogP contribution in [0.1, 0.15) is 45.2 Å². The van der Waals surface area contributed by atoms with Crippen molar-refractivity contribution in [2.75, 3.05) is 32.8 Å². The number of nitrogens with one attached hydrogen (secondary N) is 2. The van der Waals surface area contributed by atoms with Gasteiger partial charge >= 0.3 is 0 Å². The Morgan fingerprint density at radius 1 is 1.06 bits per heavy atom. The lowest BCUT2D eigenvalue weighted by Crippen LogP contribution is -2.48. The number of carbonyl (C=O) groups is 2. The summed E-state index contributed by atoms with van der Waals surface area (Å²) in [6.07, 6.45) is 2.09. The second-order valence-electron chi connectivity index (χ2n) is 8.86. The Morgan fingerprint density at radius 3 is 2.39 bits per heavy atom. The molecule has 0 spiro atoms. The fourth-order valence-corrected chi connectivity index (χ4v) is 4.58. The maximum atomic E-state index is 12.8. The highest BCUT2D eigenvalue weighted by Crippen LogP contribution is 2.21. The van der Waals surface area contributed by atoms with Crippen LogP contribution in [0, 0.1) is 0 Å². The first kappa shape index (κ1) is 23.4. The molecule has 1 saturated heterocycles. The molecule has 3 N–H and O–H groups in total. The smallest absolute Gasteiger partial charge is 0.254 e. The predicted octanol–water partition coefficient (Wildman–Crippen LogP) is 1.79. The Morgan fingerprint density at radius 2 is 1.73 bits per heavy atom. The van der Waals surface area contributed by atoms with Gasteiger partial charge in [0, 0.05) is 36.8 Å². The summed E-state index contributed by atoms with van der Waals surface area (Å²) >= 11 is 0. The van der Waals surface area contributed by atoms with Gasteiger partial charge < -0.3 is 25.4 Å². The predicted molar refractivity (Wildman–Crippen MR) is 126 cm³/mol. The third kappa shape index (κ3) is 5.79. The van der Waals surface area contributed by atoms with Crippen molar-refractivity contribution in [2.45, 2.75) is 44.4 Å². The molecule has 0 aromatic heterocycles. The molecule has 33 heavy (non-hydrogen) atoms. The number of aliphatic hydroxyl groups is 1. The first-order valence-corrected chi connectivity index (χ1v) is 11.8. The van der Waals surface area contributed by atoms with Crippen molar-refractivity contribution < 1.29 is 19.4 Å². The van der Waals surface area contributed by atoms with Gasteiger partial charge in [0.1, 0.15) is 0 Å². The number of amides is 2. The van der Waals surface area contributed by atoms with Crippen LogP contribution < -0.4 is 10.6 Å². The number of fused-ring (bicyclic) bond motifs is 1. The zero-order valence-electron chi connectivity index (χ0n) is 19.1. The zero-order chi connectivity index (χ0) is 23.2. The summed E-state index contributed by atoms with van der Waals surface area (Å²) in [5.74, 6) is -0.299. The van der Waals surface area contributed by atoms with Crippen LogP contribution in [0.5, 0.6) is 0 Å². The van der Waals surface area contributed by atoms with Crippen LogP contribution >= 0.6 is 0 Å². The number of hydrogen-bond donors (Lipinski definition) is 3. The summed E-state index contributed by atoms with van der Waals surface area (Å²) < 4.78 is 5.48. The summed E-state index contributed by atoms with van der Waals surface area (Å²) in [4.78, 5) is 27.2. The topological polar surface area (TPSA) is 90.9 Å². The van der Waals surface area contributed by atoms with E-state index in [1.54, 1.807) is 24.3 Å². The highest BCUT2D eigenvalue weighted by Gasteiger charge is 2.27. The molecule has 2 aromatic carbocycles. The minimum absolute atomic E-state index is 0.0346. The van der Waals surface area contributed by atoms with Crippen molar-refractivity contribution in [3.8, 4) is 0 Å². The second kappa shape index (κ2) is 10.9. The van der Waals surface area contributed by atoms with E-state index in [0.717, 1.165) is 19.3 Å². The van der Waals surface area contributed by atoms with E-state index >= 15 is 0 Å². The average Bonchev–Trinajstić information content (AvgIpc) is 3.28. The molecule has 1 aliphatic heterocycles. The van der Waals surface area contributed by atoms with Crippen LogP contribution in [0.15, 0.2) is 48.5 Å². The SMILES string of the molecule is CC[C@H]1COCCN1C(=O)c1ccc(C(=O)NC[C@@H](O)CNC2Cc3ccccc3C2)cc1. The molecule has 2 aliphatic rings. The van der Waals surface area contributed by atoms with Gasteiger partial charge in [0.25, 0.3) is 11.8 Å². The van der Waals surface area contributed by atoms with Crippen LogP contribution in [-0.2, 0) is 17.6 Å². The Bertz CT molecular complexity index is 937. The Labute approximate surface area is 195 Å². The normalized spacial score (nSPS) is 19.2. The third-order valence-corrected chi connectivity index (χ3v) is 6.55. The third-order valence-electron chi connectivity index (χ3n) is 6.55. The molecule has 2 aromatic rings. The quantitative estimate of drug-likeness (QED) is 0.569. The summed E-state index contributed by atoms with van der Waals surface area (Å²) in [6.45, 7) is 4.33. The molecular weight excluding hydrogens is 418 g/mol. The molecule has 0 saturated carbocycles. The van der Waals surface area contributed by atoms with Crippen LogP contribution in [0.2, 0.25) is 0 Å². The van der Waals surface area contributed by atoms with Gasteiger partial charge in [-0.3, -0.25) is 9.59 Å². The van der Waals surface area contributed by atoms with Crippen molar-refractivity contribution in [2.24, 2.45) is 0 Å². The van der Waals surface area contributed by atoms with Crippen LogP contribution in [0.25, 0.3) is 0 Å². The number of carbonyl (C=O) groups excluding carboxylic acids is 2. The fourth-order valence-electron chi connectivity index (χ4n) is 4.58. The van der Waals surface area contributed by atoms with Crippen molar-refractivity contribution >= 4 is 11.8 Å². The van der Waals surface area contributed by atoms with E-state index in [0.29, 0.717) is 43.5 Å². The molecule has 2 atom stereocenters. The first-order valence-electron chi connectivity index (χ1n) is 11.8. The van der Waals surface area contributed by atoms with Gasteiger partial charge in [-0.2, -0.15) is 0 Å². The number of ether oxygens (including phenoxy) is 1. The van der Waals surface area contributed by atoms with E-state index < -0.39 is 6.10 Å². The average molecular weight is 452 g/mol. The van der Waals surface area contributed by atoms with Crippen molar-refractivity contribution in [1.82, 2.24) is 15.5 Å². The highest BCUT2D eigenvalue weighted by atomic mass is 16.5. The molecule has 2 amide bonds. The molecule has 7 nitrogen and oxygen atoms in total. The lowest BCUT2D eigenvalue weighted by atomic mass is 10.1. The van der Waals surface area contributed by atoms with E-state index in [2.05, 4.69) is 34.9 Å². The van der Waals surface area contributed by atoms with E-state index in [9.17, 15) is 14.7 Å². The lowest BCUT2D eigenvalue weighted by Gasteiger charge is -2.35. The van der Waals surface area contributed by atoms with E-state index in [4.69, 9.17) is 4.74 Å². The van der Waals surface area contributed by atoms with Gasteiger partial charge in [0.2, 0.25) is 0 Å². The summed E-state index contributed by atoms with van der Waals surface area (Å²) in [5.41, 5.74) is 3.75. The Hall–Kier alpha value is -2.74. The van der Waals surface area contributed by atoms with Gasteiger partial charge in [-0.25, -0.2) is 0 Å². The minimum atomic E-state index is -0.675. The van der Waals surface area contributed by atoms with Gasteiger partial charge in [-0.1, -0.05) is 31.2 Å². The maximum absolute atomic E-state index is 12.8. The second-order valence-corrected chi connectivity index (χ2v) is 8.86. The van der Waals surface area contributed by atoms with Gasteiger partial charge in [0.15, 0.2) is 0 Å². The lowest BCUT2D eigenvalue weighted by molar-refractivity contribution is -0.00280. The van der Waals surface area contributed by atoms with Gasteiger partial charge in [-0.15, -0.1) is 0 Å². The number of benzene rings is 2. The van der Waals surface area contributed by atoms with Crippen LogP contribution in [0.4, 0.5) is 0 Å². The standard InChI is InChI=1S/C26H33N3O4/c1-2-23-17-33-12-11-29(23)26(32)19-9-7-18(8-10-19)25(31)28-16-24(30)15-27-22-13-20-5-3-4-6-21(20)14-22/h3-10,22-24,27,30H,2,11-17H2,1H3,(H,28,31)/t23-,24-/m0/s1. The number of hydrogen-bond acceptors (Lipinski definition) is 5.